The van der Waals surface area contributed by atoms with Gasteiger partial charge in [-0.15, -0.1) is 0 Å². The van der Waals surface area contributed by atoms with Crippen LogP contribution in [0.1, 0.15) is 22.3 Å². The first-order valence-corrected chi connectivity index (χ1v) is 9.11. The second kappa shape index (κ2) is 8.36. The van der Waals surface area contributed by atoms with E-state index >= 15 is 0 Å². The number of nitrogens with one attached hydrogen (secondary N) is 1. The van der Waals surface area contributed by atoms with E-state index in [2.05, 4.69) is 31.4 Å². The Morgan fingerprint density at radius 1 is 1.19 bits per heavy atom. The molecular formula is C17H15BrClN5O3. The highest BCUT2D eigenvalue weighted by molar-refractivity contribution is 9.10. The number of halogens is 2. The highest BCUT2D eigenvalue weighted by Crippen LogP contribution is 2.22. The number of nitrogens with zero attached hydrogens (tertiary/aromatic N) is 4. The van der Waals surface area contributed by atoms with Gasteiger partial charge in [0.2, 0.25) is 0 Å². The van der Waals surface area contributed by atoms with Crippen molar-refractivity contribution in [2.45, 2.75) is 19.5 Å². The van der Waals surface area contributed by atoms with E-state index in [-0.39, 0.29) is 18.9 Å². The third-order valence-corrected chi connectivity index (χ3v) is 4.49. The standard InChI is InChI=1S/C17H15BrClN5O3/c18-14-10-24(8-11-1-3-13(19)4-2-11)22-16(14)21-17(27)12-7-20-23(9-12)6-5-15(25)26/h1-4,7,9-10H,5-6,8H2,(H,25,26)(H,21,22,27). The highest BCUT2D eigenvalue weighted by Gasteiger charge is 2.14. The van der Waals surface area contributed by atoms with Crippen molar-refractivity contribution < 1.29 is 14.7 Å². The number of carboxylic acid groups (broad SMARTS) is 1. The Labute approximate surface area is 167 Å². The summed E-state index contributed by atoms with van der Waals surface area (Å²) in [6.07, 6.45) is 4.58. The van der Waals surface area contributed by atoms with Crippen LogP contribution in [0.25, 0.3) is 0 Å². The van der Waals surface area contributed by atoms with Crippen LogP contribution in [0, 0.1) is 0 Å². The monoisotopic (exact) mass is 451 g/mol. The number of aliphatic carboxylic acids is 1. The molecule has 2 N–H and O–H groups in total. The van der Waals surface area contributed by atoms with E-state index in [0.29, 0.717) is 27.4 Å². The molecule has 3 rings (SSSR count). The fourth-order valence-electron chi connectivity index (χ4n) is 2.33. The van der Waals surface area contributed by atoms with Crippen LogP contribution >= 0.6 is 27.5 Å². The molecule has 0 unspecified atom stereocenters. The van der Waals surface area contributed by atoms with Crippen LogP contribution < -0.4 is 5.32 Å². The molecule has 0 aliphatic carbocycles. The first-order chi connectivity index (χ1) is 12.9. The second-order valence-electron chi connectivity index (χ2n) is 5.74. The second-order valence-corrected chi connectivity index (χ2v) is 7.03. The van der Waals surface area contributed by atoms with E-state index in [1.165, 1.54) is 17.1 Å². The van der Waals surface area contributed by atoms with Crippen molar-refractivity contribution in [1.82, 2.24) is 19.6 Å². The van der Waals surface area contributed by atoms with Gasteiger partial charge in [-0.2, -0.15) is 10.2 Å². The summed E-state index contributed by atoms with van der Waals surface area (Å²) in [4.78, 5) is 23.0. The summed E-state index contributed by atoms with van der Waals surface area (Å²) in [5, 5.41) is 20.4. The quantitative estimate of drug-likeness (QED) is 0.573. The van der Waals surface area contributed by atoms with Crippen molar-refractivity contribution in [2.75, 3.05) is 5.32 Å². The molecule has 0 saturated heterocycles. The maximum Gasteiger partial charge on any atom is 0.305 e. The van der Waals surface area contributed by atoms with E-state index < -0.39 is 5.97 Å². The maximum atomic E-state index is 12.4. The molecule has 2 heterocycles. The van der Waals surface area contributed by atoms with Gasteiger partial charge >= 0.3 is 5.97 Å². The van der Waals surface area contributed by atoms with Gasteiger partial charge in [0.1, 0.15) is 0 Å². The van der Waals surface area contributed by atoms with Crippen LogP contribution in [0.4, 0.5) is 5.82 Å². The summed E-state index contributed by atoms with van der Waals surface area (Å²) in [7, 11) is 0. The predicted octanol–water partition coefficient (Wildman–Crippen LogP) is 3.27. The van der Waals surface area contributed by atoms with Gasteiger partial charge in [-0.25, -0.2) is 0 Å². The maximum absolute atomic E-state index is 12.4. The van der Waals surface area contributed by atoms with Crippen molar-refractivity contribution >= 4 is 45.2 Å². The van der Waals surface area contributed by atoms with Gasteiger partial charge in [0, 0.05) is 17.4 Å². The smallest absolute Gasteiger partial charge is 0.305 e. The van der Waals surface area contributed by atoms with Crippen molar-refractivity contribution in [3.63, 3.8) is 0 Å². The lowest BCUT2D eigenvalue weighted by Crippen LogP contribution is -2.12. The molecule has 27 heavy (non-hydrogen) atoms. The first-order valence-electron chi connectivity index (χ1n) is 7.93. The van der Waals surface area contributed by atoms with E-state index in [4.69, 9.17) is 16.7 Å². The molecular weight excluding hydrogens is 438 g/mol. The molecule has 0 aliphatic rings. The van der Waals surface area contributed by atoms with Crippen molar-refractivity contribution in [3.05, 3.63) is 63.5 Å². The Hall–Kier alpha value is -2.65. The molecule has 0 radical (unpaired) electrons. The number of aromatic nitrogens is 4. The minimum atomic E-state index is -0.924. The summed E-state index contributed by atoms with van der Waals surface area (Å²) in [6.45, 7) is 0.723. The molecule has 3 aromatic rings. The van der Waals surface area contributed by atoms with Gasteiger partial charge in [-0.05, 0) is 33.6 Å². The van der Waals surface area contributed by atoms with Crippen LogP contribution in [-0.2, 0) is 17.9 Å². The molecule has 0 fully saturated rings. The van der Waals surface area contributed by atoms with Crippen LogP contribution in [0.15, 0.2) is 47.3 Å². The van der Waals surface area contributed by atoms with Gasteiger partial charge < -0.3 is 10.4 Å². The minimum absolute atomic E-state index is 0.0661. The predicted molar refractivity (Wildman–Crippen MR) is 103 cm³/mol. The number of carbonyl (C=O) groups is 2. The Morgan fingerprint density at radius 2 is 1.93 bits per heavy atom. The van der Waals surface area contributed by atoms with E-state index in [1.54, 1.807) is 23.0 Å². The molecule has 8 nitrogen and oxygen atoms in total. The zero-order valence-electron chi connectivity index (χ0n) is 14.0. The lowest BCUT2D eigenvalue weighted by molar-refractivity contribution is -0.137. The molecule has 1 amide bonds. The zero-order chi connectivity index (χ0) is 19.4. The van der Waals surface area contributed by atoms with E-state index in [0.717, 1.165) is 5.56 Å². The molecule has 2 aromatic heterocycles. The topological polar surface area (TPSA) is 102 Å². The lowest BCUT2D eigenvalue weighted by Gasteiger charge is -2.02. The fraction of sp³-hybridized carbons (Fsp3) is 0.176. The van der Waals surface area contributed by atoms with Crippen LogP contribution in [-0.4, -0.2) is 36.5 Å². The molecule has 0 spiro atoms. The van der Waals surface area contributed by atoms with E-state index in [9.17, 15) is 9.59 Å². The molecule has 0 atom stereocenters. The third-order valence-electron chi connectivity index (χ3n) is 3.66. The number of anilines is 1. The zero-order valence-corrected chi connectivity index (χ0v) is 16.3. The van der Waals surface area contributed by atoms with Crippen LogP contribution in [0.2, 0.25) is 5.02 Å². The van der Waals surface area contributed by atoms with Gasteiger partial charge in [0.15, 0.2) is 5.82 Å². The first kappa shape index (κ1) is 19.1. The van der Waals surface area contributed by atoms with Crippen molar-refractivity contribution in [2.24, 2.45) is 0 Å². The Kier molecular flexibility index (Phi) is 5.92. The summed E-state index contributed by atoms with van der Waals surface area (Å²) < 4.78 is 3.75. The number of benzene rings is 1. The number of carboxylic acids is 1. The van der Waals surface area contributed by atoms with E-state index in [1.807, 2.05) is 12.1 Å². The Bertz CT molecular complexity index is 967. The average molecular weight is 453 g/mol. The molecule has 1 aromatic carbocycles. The molecule has 0 saturated carbocycles. The largest absolute Gasteiger partial charge is 0.481 e. The van der Waals surface area contributed by atoms with Gasteiger partial charge in [-0.3, -0.25) is 19.0 Å². The molecule has 0 bridgehead atoms. The normalized spacial score (nSPS) is 10.7. The van der Waals surface area contributed by atoms with Gasteiger partial charge in [0.25, 0.3) is 5.91 Å². The fourth-order valence-corrected chi connectivity index (χ4v) is 2.87. The summed E-state index contributed by atoms with van der Waals surface area (Å²) >= 11 is 9.27. The molecule has 10 heteroatoms. The van der Waals surface area contributed by atoms with Crippen LogP contribution in [0.5, 0.6) is 0 Å². The third kappa shape index (κ3) is 5.18. The summed E-state index contributed by atoms with van der Waals surface area (Å²) in [5.41, 5.74) is 1.34. The SMILES string of the molecule is O=C(O)CCn1cc(C(=O)Nc2nn(Cc3ccc(Cl)cc3)cc2Br)cn1. The molecule has 140 valence electrons. The number of amides is 1. The number of aryl methyl sites for hydroxylation is 1. The average Bonchev–Trinajstić information content (AvgIpc) is 3.22. The van der Waals surface area contributed by atoms with Gasteiger partial charge in [0.05, 0.1) is 35.7 Å². The number of hydrogen-bond donors (Lipinski definition) is 2. The Balaban J connectivity index is 1.65. The summed E-state index contributed by atoms with van der Waals surface area (Å²) in [6, 6.07) is 7.42. The highest BCUT2D eigenvalue weighted by atomic mass is 79.9. The molecule has 0 aliphatic heterocycles. The Morgan fingerprint density at radius 3 is 2.63 bits per heavy atom. The lowest BCUT2D eigenvalue weighted by atomic mass is 10.2. The summed E-state index contributed by atoms with van der Waals surface area (Å²) in [5.74, 6) is -0.923. The minimum Gasteiger partial charge on any atom is -0.481 e. The van der Waals surface area contributed by atoms with Crippen LogP contribution in [0.3, 0.4) is 0 Å². The van der Waals surface area contributed by atoms with Gasteiger partial charge in [-0.1, -0.05) is 23.7 Å². The van der Waals surface area contributed by atoms with Crippen molar-refractivity contribution in [3.8, 4) is 0 Å². The van der Waals surface area contributed by atoms with Crippen molar-refractivity contribution in [1.29, 1.82) is 0 Å². The number of rotatable bonds is 7. The number of hydrogen-bond acceptors (Lipinski definition) is 4. The number of carbonyl (C=O) groups excluding carboxylic acids is 1.